The van der Waals surface area contributed by atoms with E-state index >= 15 is 0 Å². The molecule has 0 fully saturated rings. The minimum atomic E-state index is 0.0317. The number of urea groups is 1. The summed E-state index contributed by atoms with van der Waals surface area (Å²) in [7, 11) is 0. The van der Waals surface area contributed by atoms with Gasteiger partial charge in [0, 0.05) is 25.0 Å². The number of nitrogen functional groups attached to an aromatic ring is 1. The molecule has 2 aromatic rings. The Labute approximate surface area is 155 Å². The fourth-order valence-electron chi connectivity index (χ4n) is 3.03. The Bertz CT molecular complexity index is 786. The summed E-state index contributed by atoms with van der Waals surface area (Å²) in [6.07, 6.45) is 3.90. The van der Waals surface area contributed by atoms with Gasteiger partial charge < -0.3 is 10.6 Å². The minimum Gasteiger partial charge on any atom is -0.399 e. The zero-order valence-corrected chi connectivity index (χ0v) is 15.8. The molecule has 2 amide bonds. The van der Waals surface area contributed by atoms with Crippen molar-refractivity contribution in [2.24, 2.45) is 0 Å². The van der Waals surface area contributed by atoms with Crippen molar-refractivity contribution in [2.75, 3.05) is 12.3 Å². The van der Waals surface area contributed by atoms with Crippen LogP contribution in [0.2, 0.25) is 0 Å². The molecule has 4 nitrogen and oxygen atoms in total. The topological polar surface area (TPSA) is 49.6 Å². The molecular weight excluding hydrogens is 322 g/mol. The van der Waals surface area contributed by atoms with Gasteiger partial charge >= 0.3 is 6.03 Å². The normalized spacial score (nSPS) is 14.8. The number of anilines is 1. The maximum absolute atomic E-state index is 12.8. The van der Waals surface area contributed by atoms with E-state index in [4.69, 9.17) is 5.73 Å². The van der Waals surface area contributed by atoms with Crippen LogP contribution in [0.5, 0.6) is 0 Å². The fraction of sp³-hybridized carbons (Fsp3) is 0.318. The largest absolute Gasteiger partial charge is 0.399 e. The molecule has 1 aliphatic heterocycles. The Morgan fingerprint density at radius 2 is 1.50 bits per heavy atom. The van der Waals surface area contributed by atoms with Gasteiger partial charge in [-0.15, -0.1) is 0 Å². The van der Waals surface area contributed by atoms with Crippen LogP contribution in [0, 0.1) is 0 Å². The van der Waals surface area contributed by atoms with Crippen LogP contribution in [0.3, 0.4) is 0 Å². The molecule has 1 heterocycles. The minimum absolute atomic E-state index is 0.0317. The number of rotatable bonds is 4. The molecule has 26 heavy (non-hydrogen) atoms. The van der Waals surface area contributed by atoms with Gasteiger partial charge in [0.15, 0.2) is 0 Å². The summed E-state index contributed by atoms with van der Waals surface area (Å²) in [5, 5.41) is 0. The molecule has 0 atom stereocenters. The molecule has 0 aliphatic carbocycles. The molecule has 0 radical (unpaired) electrons. The van der Waals surface area contributed by atoms with E-state index in [0.29, 0.717) is 19.6 Å². The highest BCUT2D eigenvalue weighted by Crippen LogP contribution is 2.23. The quantitative estimate of drug-likeness (QED) is 0.825. The lowest BCUT2D eigenvalue weighted by atomic mass is 9.87. The molecule has 2 aromatic carbocycles. The van der Waals surface area contributed by atoms with Gasteiger partial charge in [-0.25, -0.2) is 4.79 Å². The monoisotopic (exact) mass is 349 g/mol. The Morgan fingerprint density at radius 3 is 2.12 bits per heavy atom. The summed E-state index contributed by atoms with van der Waals surface area (Å²) in [6, 6.07) is 16.2. The van der Waals surface area contributed by atoms with Crippen LogP contribution < -0.4 is 5.73 Å². The summed E-state index contributed by atoms with van der Waals surface area (Å²) in [5.74, 6) is 0. The van der Waals surface area contributed by atoms with E-state index in [1.807, 2.05) is 41.4 Å². The molecule has 136 valence electrons. The van der Waals surface area contributed by atoms with Crippen molar-refractivity contribution in [2.45, 2.75) is 39.3 Å². The second kappa shape index (κ2) is 7.24. The molecule has 0 unspecified atom stereocenters. The third kappa shape index (κ3) is 4.26. The van der Waals surface area contributed by atoms with Crippen LogP contribution in [-0.2, 0) is 18.5 Å². The number of hydrogen-bond acceptors (Lipinski definition) is 2. The van der Waals surface area contributed by atoms with E-state index < -0.39 is 0 Å². The predicted octanol–water partition coefficient (Wildman–Crippen LogP) is 4.52. The number of carbonyl (C=O) groups is 1. The van der Waals surface area contributed by atoms with E-state index in [9.17, 15) is 4.79 Å². The van der Waals surface area contributed by atoms with Crippen molar-refractivity contribution in [3.05, 3.63) is 77.5 Å². The maximum atomic E-state index is 12.8. The number of amides is 2. The Kier molecular flexibility index (Phi) is 5.03. The third-order valence-electron chi connectivity index (χ3n) is 4.65. The first-order chi connectivity index (χ1) is 12.3. The van der Waals surface area contributed by atoms with Gasteiger partial charge in [0.25, 0.3) is 0 Å². The summed E-state index contributed by atoms with van der Waals surface area (Å²) < 4.78 is 0. The molecule has 0 saturated carbocycles. The molecule has 3 rings (SSSR count). The molecule has 4 heteroatoms. The maximum Gasteiger partial charge on any atom is 0.324 e. The molecule has 1 aliphatic rings. The Morgan fingerprint density at radius 1 is 0.923 bits per heavy atom. The van der Waals surface area contributed by atoms with Crippen LogP contribution in [0.1, 0.15) is 37.5 Å². The summed E-state index contributed by atoms with van der Waals surface area (Å²) in [5.41, 5.74) is 10.1. The second-order valence-corrected chi connectivity index (χ2v) is 7.86. The smallest absolute Gasteiger partial charge is 0.324 e. The highest BCUT2D eigenvalue weighted by Gasteiger charge is 2.22. The highest BCUT2D eigenvalue weighted by atomic mass is 16.2. The van der Waals surface area contributed by atoms with E-state index in [2.05, 4.69) is 45.0 Å². The summed E-state index contributed by atoms with van der Waals surface area (Å²) >= 11 is 0. The average Bonchev–Trinajstić information content (AvgIpc) is 2.60. The zero-order valence-electron chi connectivity index (χ0n) is 15.8. The first kappa shape index (κ1) is 18.1. The molecular formula is C22H27N3O. The number of nitrogens with zero attached hydrogens (tertiary/aromatic N) is 2. The van der Waals surface area contributed by atoms with Crippen LogP contribution in [0.15, 0.2) is 60.8 Å². The Hall–Kier alpha value is -2.75. The summed E-state index contributed by atoms with van der Waals surface area (Å²) in [4.78, 5) is 16.4. The van der Waals surface area contributed by atoms with Gasteiger partial charge in [-0.3, -0.25) is 4.90 Å². The van der Waals surface area contributed by atoms with Crippen LogP contribution in [0.4, 0.5) is 10.5 Å². The van der Waals surface area contributed by atoms with Gasteiger partial charge in [-0.1, -0.05) is 57.2 Å². The average molecular weight is 349 g/mol. The van der Waals surface area contributed by atoms with Crippen molar-refractivity contribution in [3.63, 3.8) is 0 Å². The SMILES string of the molecule is CC(C)(C)c1ccc(CN2CC=CN(Cc3ccc(N)cc3)C2=O)cc1. The molecule has 0 spiro atoms. The van der Waals surface area contributed by atoms with Gasteiger partial charge in [0.1, 0.15) is 0 Å². The standard InChI is InChI=1S/C22H27N3O/c1-22(2,3)19-9-5-17(6-10-19)15-24-13-4-14-25(21(24)26)16-18-7-11-20(23)12-8-18/h4-12,14H,13,15-16,23H2,1-3H3. The first-order valence-electron chi connectivity index (χ1n) is 8.99. The number of nitrogens with two attached hydrogens (primary N) is 1. The predicted molar refractivity (Wildman–Crippen MR) is 106 cm³/mol. The van der Waals surface area contributed by atoms with Crippen LogP contribution in [0.25, 0.3) is 0 Å². The molecule has 0 aromatic heterocycles. The lowest BCUT2D eigenvalue weighted by molar-refractivity contribution is 0.164. The Balaban J connectivity index is 1.66. The fourth-order valence-corrected chi connectivity index (χ4v) is 3.03. The van der Waals surface area contributed by atoms with E-state index in [-0.39, 0.29) is 11.4 Å². The number of hydrogen-bond donors (Lipinski definition) is 1. The molecule has 0 bridgehead atoms. The van der Waals surface area contributed by atoms with Crippen molar-refractivity contribution >= 4 is 11.7 Å². The number of carbonyl (C=O) groups excluding carboxylic acids is 1. The second-order valence-electron chi connectivity index (χ2n) is 7.86. The van der Waals surface area contributed by atoms with E-state index in [1.54, 1.807) is 4.90 Å². The van der Waals surface area contributed by atoms with Gasteiger partial charge in [-0.05, 0) is 40.3 Å². The van der Waals surface area contributed by atoms with Crippen LogP contribution >= 0.6 is 0 Å². The summed E-state index contributed by atoms with van der Waals surface area (Å²) in [6.45, 7) is 8.42. The van der Waals surface area contributed by atoms with Crippen molar-refractivity contribution in [3.8, 4) is 0 Å². The zero-order chi connectivity index (χ0) is 18.7. The van der Waals surface area contributed by atoms with Crippen molar-refractivity contribution in [1.82, 2.24) is 9.80 Å². The highest BCUT2D eigenvalue weighted by molar-refractivity contribution is 5.76. The van der Waals surface area contributed by atoms with Crippen molar-refractivity contribution in [1.29, 1.82) is 0 Å². The van der Waals surface area contributed by atoms with E-state index in [1.165, 1.54) is 5.56 Å². The van der Waals surface area contributed by atoms with Gasteiger partial charge in [-0.2, -0.15) is 0 Å². The number of benzene rings is 2. The molecule has 0 saturated heterocycles. The van der Waals surface area contributed by atoms with Crippen LogP contribution in [-0.4, -0.2) is 22.4 Å². The first-order valence-corrected chi connectivity index (χ1v) is 8.99. The van der Waals surface area contributed by atoms with E-state index in [0.717, 1.165) is 16.8 Å². The third-order valence-corrected chi connectivity index (χ3v) is 4.65. The lowest BCUT2D eigenvalue weighted by Gasteiger charge is -2.31. The lowest BCUT2D eigenvalue weighted by Crippen LogP contribution is -2.42. The van der Waals surface area contributed by atoms with Gasteiger partial charge in [0.05, 0.1) is 6.54 Å². The van der Waals surface area contributed by atoms with Crippen molar-refractivity contribution < 1.29 is 4.79 Å². The molecule has 2 N–H and O–H groups in total. The van der Waals surface area contributed by atoms with Gasteiger partial charge in [0.2, 0.25) is 0 Å².